The lowest BCUT2D eigenvalue weighted by atomic mass is 9.93. The first-order valence-corrected chi connectivity index (χ1v) is 7.10. The second kappa shape index (κ2) is 4.96. The van der Waals surface area contributed by atoms with Crippen LogP contribution in [-0.4, -0.2) is 46.3 Å². The zero-order valence-electron chi connectivity index (χ0n) is 11.6. The van der Waals surface area contributed by atoms with Crippen molar-refractivity contribution in [1.29, 1.82) is 0 Å². The third-order valence-electron chi connectivity index (χ3n) is 4.18. The maximum absolute atomic E-state index is 11.8. The Morgan fingerprint density at radius 3 is 3.00 bits per heavy atom. The molecule has 2 saturated heterocycles. The Morgan fingerprint density at radius 1 is 1.53 bits per heavy atom. The quantitative estimate of drug-likeness (QED) is 0.823. The Labute approximate surface area is 113 Å². The number of piperidine rings is 1. The van der Waals surface area contributed by atoms with E-state index in [1.165, 1.54) is 0 Å². The highest BCUT2D eigenvalue weighted by molar-refractivity contribution is 5.78. The molecule has 0 amide bonds. The van der Waals surface area contributed by atoms with Gasteiger partial charge in [0.15, 0.2) is 0 Å². The van der Waals surface area contributed by atoms with Crippen molar-refractivity contribution >= 4 is 5.97 Å². The van der Waals surface area contributed by atoms with Crippen molar-refractivity contribution in [2.24, 2.45) is 0 Å². The van der Waals surface area contributed by atoms with Crippen molar-refractivity contribution in [2.45, 2.75) is 51.2 Å². The Kier molecular flexibility index (Phi) is 3.31. The molecular formula is C14H21N3O2. The van der Waals surface area contributed by atoms with Crippen LogP contribution in [0.25, 0.3) is 0 Å². The van der Waals surface area contributed by atoms with Gasteiger partial charge in [0.2, 0.25) is 0 Å². The number of aromatic amines is 1. The lowest BCUT2D eigenvalue weighted by molar-refractivity contribution is -0.145. The van der Waals surface area contributed by atoms with Crippen LogP contribution in [0.15, 0.2) is 6.07 Å². The predicted octanol–water partition coefficient (Wildman–Crippen LogP) is 1.60. The number of aromatic nitrogens is 2. The molecular weight excluding hydrogens is 242 g/mol. The Bertz CT molecular complexity index is 471. The molecule has 19 heavy (non-hydrogen) atoms. The molecule has 5 heteroatoms. The molecule has 3 rings (SSSR count). The highest BCUT2D eigenvalue weighted by atomic mass is 16.6. The highest BCUT2D eigenvalue weighted by Gasteiger charge is 2.38. The minimum absolute atomic E-state index is 0.0437. The molecule has 0 unspecified atom stereocenters. The fourth-order valence-electron chi connectivity index (χ4n) is 3.21. The molecule has 1 aromatic rings. The summed E-state index contributed by atoms with van der Waals surface area (Å²) in [6.07, 6.45) is 3.16. The maximum Gasteiger partial charge on any atom is 0.323 e. The zero-order valence-corrected chi connectivity index (χ0v) is 11.6. The van der Waals surface area contributed by atoms with Crippen molar-refractivity contribution in [3.63, 3.8) is 0 Å². The Hall–Kier alpha value is -1.36. The number of carbonyl (C=O) groups is 1. The number of nitrogens with one attached hydrogen (secondary N) is 1. The summed E-state index contributed by atoms with van der Waals surface area (Å²) in [5.41, 5.74) is 2.22. The number of carbonyl (C=O) groups excluding carboxylic acids is 1. The third-order valence-corrected chi connectivity index (χ3v) is 4.18. The molecule has 5 nitrogen and oxygen atoms in total. The minimum Gasteiger partial charge on any atom is -0.461 e. The molecule has 0 radical (unpaired) electrons. The van der Waals surface area contributed by atoms with Crippen molar-refractivity contribution in [3.05, 3.63) is 17.5 Å². The van der Waals surface area contributed by atoms with Crippen LogP contribution in [0.5, 0.6) is 0 Å². The SMILES string of the molecule is Cc1cc([C@@H]2CCCN([C@@H]3C[C@@H](C)OC3=O)C2)n[nH]1. The zero-order chi connectivity index (χ0) is 13.4. The summed E-state index contributed by atoms with van der Waals surface area (Å²) in [7, 11) is 0. The van der Waals surface area contributed by atoms with E-state index in [2.05, 4.69) is 21.2 Å². The molecule has 2 aliphatic rings. The van der Waals surface area contributed by atoms with Gasteiger partial charge in [-0.05, 0) is 39.3 Å². The van der Waals surface area contributed by atoms with Gasteiger partial charge in [-0.1, -0.05) is 0 Å². The summed E-state index contributed by atoms with van der Waals surface area (Å²) in [5, 5.41) is 7.37. The lowest BCUT2D eigenvalue weighted by Gasteiger charge is -2.34. The molecule has 3 atom stereocenters. The largest absolute Gasteiger partial charge is 0.461 e. The van der Waals surface area contributed by atoms with Crippen LogP contribution in [0.2, 0.25) is 0 Å². The summed E-state index contributed by atoms with van der Waals surface area (Å²) in [5.74, 6) is 0.383. The van der Waals surface area contributed by atoms with E-state index in [-0.39, 0.29) is 18.1 Å². The molecule has 104 valence electrons. The van der Waals surface area contributed by atoms with Gasteiger partial charge in [-0.25, -0.2) is 0 Å². The second-order valence-electron chi connectivity index (χ2n) is 5.81. The third kappa shape index (κ3) is 2.52. The fourth-order valence-corrected chi connectivity index (χ4v) is 3.21. The number of ether oxygens (including phenoxy) is 1. The molecule has 0 aliphatic carbocycles. The second-order valence-corrected chi connectivity index (χ2v) is 5.81. The molecule has 2 fully saturated rings. The topological polar surface area (TPSA) is 58.2 Å². The number of hydrogen-bond acceptors (Lipinski definition) is 4. The van der Waals surface area contributed by atoms with Gasteiger partial charge in [-0.15, -0.1) is 0 Å². The van der Waals surface area contributed by atoms with Crippen LogP contribution < -0.4 is 0 Å². The number of likely N-dealkylation sites (tertiary alicyclic amines) is 1. The molecule has 1 N–H and O–H groups in total. The summed E-state index contributed by atoms with van der Waals surface area (Å²) >= 11 is 0. The van der Waals surface area contributed by atoms with Gasteiger partial charge in [0.05, 0.1) is 5.69 Å². The number of nitrogens with zero attached hydrogens (tertiary/aromatic N) is 2. The van der Waals surface area contributed by atoms with Crippen molar-refractivity contribution in [2.75, 3.05) is 13.1 Å². The van der Waals surface area contributed by atoms with Crippen LogP contribution in [0.1, 0.15) is 43.5 Å². The van der Waals surface area contributed by atoms with E-state index in [9.17, 15) is 4.79 Å². The monoisotopic (exact) mass is 263 g/mol. The lowest BCUT2D eigenvalue weighted by Crippen LogP contribution is -2.44. The first-order chi connectivity index (χ1) is 9.13. The van der Waals surface area contributed by atoms with Crippen LogP contribution in [-0.2, 0) is 9.53 Å². The Morgan fingerprint density at radius 2 is 2.37 bits per heavy atom. The maximum atomic E-state index is 11.8. The summed E-state index contributed by atoms with van der Waals surface area (Å²) in [6, 6.07) is 2.07. The van der Waals surface area contributed by atoms with Gasteiger partial charge in [0.25, 0.3) is 0 Å². The van der Waals surface area contributed by atoms with E-state index >= 15 is 0 Å². The van der Waals surface area contributed by atoms with Gasteiger partial charge < -0.3 is 4.74 Å². The summed E-state index contributed by atoms with van der Waals surface area (Å²) < 4.78 is 5.27. The Balaban J connectivity index is 1.70. The number of hydrogen-bond donors (Lipinski definition) is 1. The molecule has 0 spiro atoms. The first kappa shape index (κ1) is 12.7. The molecule has 1 aromatic heterocycles. The average Bonchev–Trinajstić information content (AvgIpc) is 2.96. The van der Waals surface area contributed by atoms with Gasteiger partial charge in [0, 0.05) is 24.6 Å². The standard InChI is InChI=1S/C14H21N3O2/c1-9-6-12(16-15-9)11-4-3-5-17(8-11)13-7-10(2)19-14(13)18/h6,10-11,13H,3-5,7-8H2,1-2H3,(H,15,16)/t10-,11-,13-/m1/s1. The van der Waals surface area contributed by atoms with Crippen molar-refractivity contribution in [3.8, 4) is 0 Å². The number of cyclic esters (lactones) is 1. The fraction of sp³-hybridized carbons (Fsp3) is 0.714. The van der Waals surface area contributed by atoms with E-state index in [1.54, 1.807) is 0 Å². The van der Waals surface area contributed by atoms with Crippen LogP contribution >= 0.6 is 0 Å². The summed E-state index contributed by atoms with van der Waals surface area (Å²) in [4.78, 5) is 14.1. The van der Waals surface area contributed by atoms with E-state index in [1.807, 2.05) is 13.8 Å². The van der Waals surface area contributed by atoms with Gasteiger partial charge in [0.1, 0.15) is 12.1 Å². The molecule has 0 bridgehead atoms. The molecule has 3 heterocycles. The first-order valence-electron chi connectivity index (χ1n) is 7.10. The van der Waals surface area contributed by atoms with E-state index in [4.69, 9.17) is 4.74 Å². The molecule has 2 aliphatic heterocycles. The molecule has 0 aromatic carbocycles. The smallest absolute Gasteiger partial charge is 0.323 e. The van der Waals surface area contributed by atoms with Crippen LogP contribution in [0.3, 0.4) is 0 Å². The summed E-state index contributed by atoms with van der Waals surface area (Å²) in [6.45, 7) is 5.90. The van der Waals surface area contributed by atoms with E-state index in [0.717, 1.165) is 43.7 Å². The van der Waals surface area contributed by atoms with Gasteiger partial charge in [-0.2, -0.15) is 5.10 Å². The van der Waals surface area contributed by atoms with E-state index in [0.29, 0.717) is 5.92 Å². The predicted molar refractivity (Wildman–Crippen MR) is 70.8 cm³/mol. The number of aryl methyl sites for hydroxylation is 1. The number of H-pyrrole nitrogens is 1. The minimum atomic E-state index is -0.0497. The number of rotatable bonds is 2. The normalized spacial score (nSPS) is 32.5. The highest BCUT2D eigenvalue weighted by Crippen LogP contribution is 2.30. The molecule has 0 saturated carbocycles. The van der Waals surface area contributed by atoms with Gasteiger partial charge >= 0.3 is 5.97 Å². The van der Waals surface area contributed by atoms with E-state index < -0.39 is 0 Å². The average molecular weight is 263 g/mol. The van der Waals surface area contributed by atoms with Crippen LogP contribution in [0, 0.1) is 6.92 Å². The van der Waals surface area contributed by atoms with Crippen molar-refractivity contribution < 1.29 is 9.53 Å². The van der Waals surface area contributed by atoms with Crippen LogP contribution in [0.4, 0.5) is 0 Å². The van der Waals surface area contributed by atoms with Gasteiger partial charge in [-0.3, -0.25) is 14.8 Å². The number of esters is 1. The van der Waals surface area contributed by atoms with Crippen molar-refractivity contribution in [1.82, 2.24) is 15.1 Å².